The molecule has 0 bridgehead atoms. The van der Waals surface area contributed by atoms with Crippen molar-refractivity contribution in [2.24, 2.45) is 5.92 Å². The lowest BCUT2D eigenvalue weighted by molar-refractivity contribution is -0.120. The van der Waals surface area contributed by atoms with E-state index < -0.39 is 6.09 Å². The Kier molecular flexibility index (Phi) is 7.73. The van der Waals surface area contributed by atoms with Crippen LogP contribution in [0.5, 0.6) is 5.88 Å². The summed E-state index contributed by atoms with van der Waals surface area (Å²) in [6, 6.07) is 24.0. The Morgan fingerprint density at radius 1 is 0.889 bits per heavy atom. The van der Waals surface area contributed by atoms with Gasteiger partial charge in [0, 0.05) is 23.6 Å². The van der Waals surface area contributed by atoms with Crippen LogP contribution in [0.15, 0.2) is 79.1 Å². The van der Waals surface area contributed by atoms with Gasteiger partial charge in [-0.2, -0.15) is 9.97 Å². The van der Waals surface area contributed by atoms with Crippen molar-refractivity contribution in [1.29, 1.82) is 0 Å². The summed E-state index contributed by atoms with van der Waals surface area (Å²) in [4.78, 5) is 41.0. The smallest absolute Gasteiger partial charge is 0.407 e. The number of hydrogen-bond acceptors (Lipinski definition) is 8. The van der Waals surface area contributed by atoms with Crippen LogP contribution in [-0.4, -0.2) is 44.6 Å². The number of imidazole rings is 1. The van der Waals surface area contributed by atoms with Gasteiger partial charge in [-0.15, -0.1) is 0 Å². The monoisotopic (exact) mass is 603 g/mol. The molecule has 45 heavy (non-hydrogen) atoms. The number of benzene rings is 3. The van der Waals surface area contributed by atoms with Crippen molar-refractivity contribution in [1.82, 2.24) is 25.3 Å². The first kappa shape index (κ1) is 28.3. The number of aromatic amines is 1. The van der Waals surface area contributed by atoms with Crippen molar-refractivity contribution in [3.05, 3.63) is 95.8 Å². The molecule has 11 heteroatoms. The first-order valence-corrected chi connectivity index (χ1v) is 15.1. The number of rotatable bonds is 8. The van der Waals surface area contributed by atoms with Gasteiger partial charge in [0.1, 0.15) is 18.7 Å². The number of hydrogen-bond donors (Lipinski definition) is 4. The highest BCUT2D eigenvalue weighted by atomic mass is 16.5. The molecule has 2 aliphatic rings. The first-order valence-electron chi connectivity index (χ1n) is 15.1. The number of nitrogens with two attached hydrogens (primary N) is 1. The fourth-order valence-electron chi connectivity index (χ4n) is 6.31. The summed E-state index contributed by atoms with van der Waals surface area (Å²) < 4.78 is 11.6. The Morgan fingerprint density at radius 3 is 2.29 bits per heavy atom. The average molecular weight is 604 g/mol. The van der Waals surface area contributed by atoms with E-state index in [1.54, 1.807) is 0 Å². The highest BCUT2D eigenvalue weighted by Gasteiger charge is 2.30. The minimum atomic E-state index is -0.411. The normalized spacial score (nSPS) is 17.3. The molecule has 1 saturated carbocycles. The molecule has 0 atom stereocenters. The summed E-state index contributed by atoms with van der Waals surface area (Å²) in [6.45, 7) is 0.547. The van der Waals surface area contributed by atoms with Gasteiger partial charge in [0.2, 0.25) is 17.7 Å². The summed E-state index contributed by atoms with van der Waals surface area (Å²) in [5, 5.41) is 6.04. The molecule has 7 rings (SSSR count). The lowest BCUT2D eigenvalue weighted by Gasteiger charge is -2.28. The number of H-pyrrole nitrogens is 1. The summed E-state index contributed by atoms with van der Waals surface area (Å²) in [7, 11) is 0. The molecule has 3 aromatic carbocycles. The topological polar surface area (TPSA) is 157 Å². The van der Waals surface area contributed by atoms with Crippen LogP contribution in [0.3, 0.4) is 0 Å². The highest BCUT2D eigenvalue weighted by Crippen LogP contribution is 2.44. The van der Waals surface area contributed by atoms with Gasteiger partial charge in [-0.3, -0.25) is 4.79 Å². The van der Waals surface area contributed by atoms with Gasteiger partial charge in [-0.25, -0.2) is 9.78 Å². The summed E-state index contributed by atoms with van der Waals surface area (Å²) >= 11 is 0. The third-order valence-corrected chi connectivity index (χ3v) is 8.63. The van der Waals surface area contributed by atoms with Crippen molar-refractivity contribution >= 4 is 34.8 Å². The van der Waals surface area contributed by atoms with Gasteiger partial charge in [-0.1, -0.05) is 60.7 Å². The van der Waals surface area contributed by atoms with Gasteiger partial charge in [-0.05, 0) is 65.6 Å². The fraction of sp³-hybridized carbons (Fsp3) is 0.265. The predicted octanol–water partition coefficient (Wildman–Crippen LogP) is 5.55. The van der Waals surface area contributed by atoms with Crippen LogP contribution in [0.1, 0.15) is 48.3 Å². The number of ether oxygens (including phenoxy) is 2. The Hall–Kier alpha value is -5.45. The number of fused-ring (bicyclic) bond motifs is 4. The second-order valence-corrected chi connectivity index (χ2v) is 11.5. The van der Waals surface area contributed by atoms with Crippen molar-refractivity contribution in [3.63, 3.8) is 0 Å². The number of carbonyl (C=O) groups is 2. The number of nitrogens with zero attached hydrogens (tertiary/aromatic N) is 3. The molecule has 5 N–H and O–H groups in total. The van der Waals surface area contributed by atoms with E-state index in [-0.39, 0.29) is 42.9 Å². The maximum absolute atomic E-state index is 13.0. The molecule has 0 spiro atoms. The molecule has 2 aliphatic carbocycles. The largest absolute Gasteiger partial charge is 0.471 e. The second kappa shape index (κ2) is 12.3. The number of amides is 2. The van der Waals surface area contributed by atoms with Crippen LogP contribution in [0.2, 0.25) is 0 Å². The molecule has 5 aromatic rings. The predicted molar refractivity (Wildman–Crippen MR) is 169 cm³/mol. The van der Waals surface area contributed by atoms with E-state index in [2.05, 4.69) is 54.8 Å². The fourth-order valence-corrected chi connectivity index (χ4v) is 6.31. The molecule has 2 heterocycles. The first-order chi connectivity index (χ1) is 22.0. The number of anilines is 2. The van der Waals surface area contributed by atoms with E-state index in [9.17, 15) is 9.59 Å². The van der Waals surface area contributed by atoms with Gasteiger partial charge >= 0.3 is 6.09 Å². The molecule has 228 valence electrons. The quantitative estimate of drug-likeness (QED) is 0.180. The zero-order valence-electron chi connectivity index (χ0n) is 24.5. The summed E-state index contributed by atoms with van der Waals surface area (Å²) in [5.74, 6) is 0.307. The number of alkyl carbamates (subject to hydrolysis) is 1. The molecule has 11 nitrogen and oxygen atoms in total. The van der Waals surface area contributed by atoms with Gasteiger partial charge in [0.05, 0.1) is 6.33 Å². The van der Waals surface area contributed by atoms with Crippen LogP contribution in [0, 0.1) is 5.92 Å². The maximum Gasteiger partial charge on any atom is 0.407 e. The van der Waals surface area contributed by atoms with Crippen LogP contribution in [-0.2, 0) is 16.1 Å². The molecule has 0 unspecified atom stereocenters. The zero-order valence-corrected chi connectivity index (χ0v) is 24.5. The van der Waals surface area contributed by atoms with E-state index >= 15 is 0 Å². The van der Waals surface area contributed by atoms with E-state index in [0.29, 0.717) is 35.6 Å². The average Bonchev–Trinajstić information content (AvgIpc) is 3.66. The molecule has 2 aromatic heterocycles. The number of nitrogens with one attached hydrogen (secondary N) is 3. The standard InChI is InChI=1S/C34H33N7O4/c35-33-40-30-29(36-19-37-30)32(41-33)44-17-20-9-13-22(14-10-20)38-31(42)21-11-15-23(16-12-21)39-34(43)45-18-28-26-7-3-1-5-24(26)25-6-2-4-8-27(25)28/h1-10,13-14,19,21,23,28H,11-12,15-18H2,(H,38,42)(H,39,43)(H3,35,36,37,40,41). The van der Waals surface area contributed by atoms with Gasteiger partial charge in [0.25, 0.3) is 0 Å². The highest BCUT2D eigenvalue weighted by molar-refractivity contribution is 5.92. The van der Waals surface area contributed by atoms with E-state index in [4.69, 9.17) is 15.2 Å². The van der Waals surface area contributed by atoms with E-state index in [1.165, 1.54) is 28.6 Å². The molecule has 0 radical (unpaired) electrons. The van der Waals surface area contributed by atoms with Gasteiger partial charge in [0.15, 0.2) is 5.65 Å². The van der Waals surface area contributed by atoms with Crippen LogP contribution < -0.4 is 21.1 Å². The molecule has 0 saturated heterocycles. The lowest BCUT2D eigenvalue weighted by Crippen LogP contribution is -2.40. The Labute approximate surface area is 259 Å². The van der Waals surface area contributed by atoms with E-state index in [0.717, 1.165) is 18.4 Å². The van der Waals surface area contributed by atoms with Crippen molar-refractivity contribution in [3.8, 4) is 17.0 Å². The van der Waals surface area contributed by atoms with E-state index in [1.807, 2.05) is 48.5 Å². The molecule has 2 amide bonds. The minimum absolute atomic E-state index is 0.0165. The van der Waals surface area contributed by atoms with Crippen LogP contribution in [0.4, 0.5) is 16.4 Å². The van der Waals surface area contributed by atoms with Crippen molar-refractivity contribution in [2.75, 3.05) is 17.7 Å². The maximum atomic E-state index is 13.0. The summed E-state index contributed by atoms with van der Waals surface area (Å²) in [6.07, 6.45) is 3.92. The number of carbonyl (C=O) groups excluding carboxylic acids is 2. The lowest BCUT2D eigenvalue weighted by atomic mass is 9.85. The number of nitrogen functional groups attached to an aromatic ring is 1. The second-order valence-electron chi connectivity index (χ2n) is 11.5. The molecule has 0 aliphatic heterocycles. The third kappa shape index (κ3) is 6.01. The SMILES string of the molecule is Nc1nc(OCc2ccc(NC(=O)C3CCC(NC(=O)OCC4c5ccccc5-c5ccccc54)CC3)cc2)c2[nH]cnc2n1. The van der Waals surface area contributed by atoms with Crippen LogP contribution >= 0.6 is 0 Å². The summed E-state index contributed by atoms with van der Waals surface area (Å²) in [5.41, 5.74) is 13.2. The third-order valence-electron chi connectivity index (χ3n) is 8.63. The Balaban J connectivity index is 0.858. The van der Waals surface area contributed by atoms with Crippen LogP contribution in [0.25, 0.3) is 22.3 Å². The molecule has 1 fully saturated rings. The zero-order chi connectivity index (χ0) is 30.8. The Morgan fingerprint density at radius 2 is 1.58 bits per heavy atom. The molecular weight excluding hydrogens is 570 g/mol. The van der Waals surface area contributed by atoms with Gasteiger partial charge < -0.3 is 30.8 Å². The number of aromatic nitrogens is 4. The minimum Gasteiger partial charge on any atom is -0.471 e. The van der Waals surface area contributed by atoms with Crippen molar-refractivity contribution < 1.29 is 19.1 Å². The molecular formula is C34H33N7O4. The Bertz CT molecular complexity index is 1800. The van der Waals surface area contributed by atoms with Crippen molar-refractivity contribution in [2.45, 2.75) is 44.2 Å².